The van der Waals surface area contributed by atoms with Crippen molar-refractivity contribution >= 4 is 44.6 Å². The van der Waals surface area contributed by atoms with Gasteiger partial charge in [-0.2, -0.15) is 9.78 Å². The molecule has 0 aliphatic heterocycles. The highest BCUT2D eigenvalue weighted by atomic mass is 79.9. The van der Waals surface area contributed by atoms with Crippen molar-refractivity contribution in [3.05, 3.63) is 110 Å². The molecule has 9 nitrogen and oxygen atoms in total. The average molecular weight is 670 g/mol. The van der Waals surface area contributed by atoms with E-state index in [1.807, 2.05) is 49.4 Å². The van der Waals surface area contributed by atoms with Gasteiger partial charge in [0.15, 0.2) is 23.9 Å². The smallest absolute Gasteiger partial charge is 0.282 e. The van der Waals surface area contributed by atoms with Gasteiger partial charge in [-0.05, 0) is 72.5 Å². The summed E-state index contributed by atoms with van der Waals surface area (Å²) >= 11 is 3.51. The molecule has 230 valence electrons. The lowest BCUT2D eigenvalue weighted by atomic mass is 9.96. The Morgan fingerprint density at radius 1 is 1.00 bits per heavy atom. The van der Waals surface area contributed by atoms with Gasteiger partial charge in [0.05, 0.1) is 31.3 Å². The largest absolute Gasteiger partial charge is 0.496 e. The molecule has 0 unspecified atom stereocenters. The van der Waals surface area contributed by atoms with Gasteiger partial charge in [-0.15, -0.1) is 0 Å². The second kappa shape index (κ2) is 13.8. The first-order valence-corrected chi connectivity index (χ1v) is 15.1. The van der Waals surface area contributed by atoms with E-state index in [-0.39, 0.29) is 24.0 Å². The fourth-order valence-electron chi connectivity index (χ4n) is 4.94. The lowest BCUT2D eigenvalue weighted by Crippen LogP contribution is -2.21. The monoisotopic (exact) mass is 668 g/mol. The van der Waals surface area contributed by atoms with Crippen LogP contribution in [-0.2, 0) is 4.79 Å². The Bertz CT molecular complexity index is 1950. The quantitative estimate of drug-likeness (QED) is 0.158. The van der Waals surface area contributed by atoms with Gasteiger partial charge in [0.2, 0.25) is 0 Å². The number of halogens is 1. The van der Waals surface area contributed by atoms with Crippen LogP contribution < -0.4 is 25.1 Å². The van der Waals surface area contributed by atoms with Crippen LogP contribution in [0.3, 0.4) is 0 Å². The van der Waals surface area contributed by atoms with Crippen molar-refractivity contribution in [1.29, 1.82) is 0 Å². The van der Waals surface area contributed by atoms with Crippen LogP contribution >= 0.6 is 15.9 Å². The van der Waals surface area contributed by atoms with Crippen LogP contribution in [0.15, 0.2) is 93.2 Å². The number of ether oxygens (including phenoxy) is 3. The maximum Gasteiger partial charge on any atom is 0.282 e. The Hall–Kier alpha value is -4.96. The molecule has 5 rings (SSSR count). The van der Waals surface area contributed by atoms with Crippen LogP contribution in [-0.4, -0.2) is 42.6 Å². The molecule has 1 heterocycles. The number of nitrogens with zero attached hydrogens (tertiary/aromatic N) is 3. The molecule has 0 radical (unpaired) electrons. The number of hydrogen-bond acceptors (Lipinski definition) is 7. The van der Waals surface area contributed by atoms with Gasteiger partial charge < -0.3 is 19.5 Å². The molecule has 0 atom stereocenters. The van der Waals surface area contributed by atoms with Gasteiger partial charge >= 0.3 is 0 Å². The van der Waals surface area contributed by atoms with Gasteiger partial charge in [0.1, 0.15) is 5.75 Å². The first-order valence-electron chi connectivity index (χ1n) is 14.3. The van der Waals surface area contributed by atoms with E-state index in [0.717, 1.165) is 22.4 Å². The molecular formula is C35H33BrN4O5. The van der Waals surface area contributed by atoms with Crippen molar-refractivity contribution in [2.45, 2.75) is 26.7 Å². The SMILES string of the molecule is COc1cc(C)c(-c2nc3ccccc3c(=O)n2N=Cc2cc(Br)cc(OC)c2OCC(=O)Nc2ccccc2)cc1C(C)C. The molecule has 0 saturated heterocycles. The summed E-state index contributed by atoms with van der Waals surface area (Å²) in [6.45, 7) is 5.83. The molecule has 1 aromatic heterocycles. The topological polar surface area (TPSA) is 104 Å². The van der Waals surface area contributed by atoms with Crippen molar-refractivity contribution < 1.29 is 19.0 Å². The first-order chi connectivity index (χ1) is 21.7. The molecule has 0 saturated carbocycles. The predicted octanol–water partition coefficient (Wildman–Crippen LogP) is 7.17. The zero-order chi connectivity index (χ0) is 32.1. The Morgan fingerprint density at radius 3 is 2.42 bits per heavy atom. The maximum atomic E-state index is 13.9. The van der Waals surface area contributed by atoms with Crippen LogP contribution in [0.25, 0.3) is 22.3 Å². The number of carbonyl (C=O) groups excluding carboxylic acids is 1. The van der Waals surface area contributed by atoms with Gasteiger partial charge in [-0.1, -0.05) is 60.1 Å². The fourth-order valence-corrected chi connectivity index (χ4v) is 5.39. The number of anilines is 1. The van der Waals surface area contributed by atoms with E-state index in [4.69, 9.17) is 19.2 Å². The minimum atomic E-state index is -0.345. The maximum absolute atomic E-state index is 13.9. The normalized spacial score (nSPS) is 11.3. The highest BCUT2D eigenvalue weighted by molar-refractivity contribution is 9.10. The zero-order valence-electron chi connectivity index (χ0n) is 25.6. The highest BCUT2D eigenvalue weighted by Crippen LogP contribution is 2.36. The molecule has 10 heteroatoms. The molecule has 1 N–H and O–H groups in total. The van der Waals surface area contributed by atoms with Crippen molar-refractivity contribution in [2.75, 3.05) is 26.1 Å². The molecule has 0 aliphatic carbocycles. The second-order valence-corrected chi connectivity index (χ2v) is 11.5. The van der Waals surface area contributed by atoms with Crippen LogP contribution in [0, 0.1) is 6.92 Å². The summed E-state index contributed by atoms with van der Waals surface area (Å²) in [5, 5.41) is 7.89. The molecule has 0 bridgehead atoms. The Balaban J connectivity index is 1.61. The molecule has 0 fully saturated rings. The van der Waals surface area contributed by atoms with Gasteiger partial charge in [0, 0.05) is 21.3 Å². The van der Waals surface area contributed by atoms with Crippen LogP contribution in [0.4, 0.5) is 5.69 Å². The zero-order valence-corrected chi connectivity index (χ0v) is 27.2. The number of hydrogen-bond donors (Lipinski definition) is 1. The summed E-state index contributed by atoms with van der Waals surface area (Å²) in [7, 11) is 3.15. The number of para-hydroxylation sites is 2. The molecule has 1 amide bonds. The summed E-state index contributed by atoms with van der Waals surface area (Å²) < 4.78 is 19.2. The predicted molar refractivity (Wildman–Crippen MR) is 181 cm³/mol. The van der Waals surface area contributed by atoms with Crippen LogP contribution in [0.1, 0.15) is 36.5 Å². The van der Waals surface area contributed by atoms with E-state index in [0.29, 0.717) is 43.9 Å². The summed E-state index contributed by atoms with van der Waals surface area (Å²) in [6.07, 6.45) is 1.50. The third-order valence-corrected chi connectivity index (χ3v) is 7.64. The Morgan fingerprint density at radius 2 is 1.71 bits per heavy atom. The minimum absolute atomic E-state index is 0.163. The van der Waals surface area contributed by atoms with E-state index >= 15 is 0 Å². The van der Waals surface area contributed by atoms with Gasteiger partial charge in [-0.3, -0.25) is 9.59 Å². The number of aryl methyl sites for hydroxylation is 1. The van der Waals surface area contributed by atoms with Crippen LogP contribution in [0.5, 0.6) is 17.2 Å². The molecule has 45 heavy (non-hydrogen) atoms. The van der Waals surface area contributed by atoms with Crippen LogP contribution in [0.2, 0.25) is 0 Å². The third kappa shape index (κ3) is 6.91. The fraction of sp³-hybridized carbons (Fsp3) is 0.200. The lowest BCUT2D eigenvalue weighted by molar-refractivity contribution is -0.118. The standard InChI is InChI=1S/C35H33BrN4O5/c1-21(2)27-18-28(22(3)15-30(27)43-4)34-39-29-14-10-9-13-26(29)35(42)40(34)37-19-23-16-24(36)17-31(44-5)33(23)45-20-32(41)38-25-11-7-6-8-12-25/h6-19,21H,20H2,1-5H3,(H,38,41). The Labute approximate surface area is 269 Å². The summed E-state index contributed by atoms with van der Waals surface area (Å²) in [4.78, 5) is 31.5. The van der Waals surface area contributed by atoms with E-state index in [1.165, 1.54) is 18.0 Å². The van der Waals surface area contributed by atoms with Gasteiger partial charge in [0.25, 0.3) is 11.5 Å². The number of rotatable bonds is 10. The number of nitrogens with one attached hydrogen (secondary N) is 1. The summed E-state index contributed by atoms with van der Waals surface area (Å²) in [5.41, 5.74) is 3.97. The minimum Gasteiger partial charge on any atom is -0.496 e. The number of amides is 1. The molecular weight excluding hydrogens is 636 g/mol. The first kappa shape index (κ1) is 31.5. The summed E-state index contributed by atoms with van der Waals surface area (Å²) in [5.74, 6) is 1.64. The third-order valence-electron chi connectivity index (χ3n) is 7.18. The molecule has 0 spiro atoms. The van der Waals surface area contributed by atoms with E-state index in [2.05, 4.69) is 40.2 Å². The number of aromatic nitrogens is 2. The molecule has 0 aliphatic rings. The van der Waals surface area contributed by atoms with Crippen molar-refractivity contribution in [3.63, 3.8) is 0 Å². The number of fused-ring (bicyclic) bond motifs is 1. The van der Waals surface area contributed by atoms with Crippen molar-refractivity contribution in [3.8, 4) is 28.6 Å². The highest BCUT2D eigenvalue weighted by Gasteiger charge is 2.19. The number of benzene rings is 4. The lowest BCUT2D eigenvalue weighted by Gasteiger charge is -2.17. The number of carbonyl (C=O) groups is 1. The van der Waals surface area contributed by atoms with E-state index in [9.17, 15) is 9.59 Å². The second-order valence-electron chi connectivity index (χ2n) is 10.6. The molecule has 4 aromatic carbocycles. The Kier molecular flexibility index (Phi) is 9.63. The van der Waals surface area contributed by atoms with Gasteiger partial charge in [-0.25, -0.2) is 4.98 Å². The van der Waals surface area contributed by atoms with Crippen molar-refractivity contribution in [1.82, 2.24) is 9.66 Å². The van der Waals surface area contributed by atoms with E-state index in [1.54, 1.807) is 43.5 Å². The molecule has 5 aromatic rings. The van der Waals surface area contributed by atoms with Crippen molar-refractivity contribution in [2.24, 2.45) is 5.10 Å². The number of methoxy groups -OCH3 is 2. The summed E-state index contributed by atoms with van der Waals surface area (Å²) in [6, 6.07) is 23.7. The average Bonchev–Trinajstić information content (AvgIpc) is 3.03. The van der Waals surface area contributed by atoms with E-state index < -0.39 is 0 Å².